The Balaban J connectivity index is 1.47. The molecule has 6 heteroatoms. The Hall–Kier alpha value is -2.50. The number of rotatable bonds is 4. The number of aliphatic imine (C=N–C) groups is 4. The van der Waals surface area contributed by atoms with E-state index in [0.717, 1.165) is 50.9 Å². The summed E-state index contributed by atoms with van der Waals surface area (Å²) in [7, 11) is 0. The van der Waals surface area contributed by atoms with Crippen molar-refractivity contribution in [3.05, 3.63) is 35.4 Å². The van der Waals surface area contributed by atoms with Crippen molar-refractivity contribution in [3.8, 4) is 0 Å². The van der Waals surface area contributed by atoms with Crippen LogP contribution in [-0.4, -0.2) is 37.4 Å². The minimum atomic E-state index is 0.727. The van der Waals surface area contributed by atoms with E-state index in [1.54, 1.807) is 0 Å². The maximum absolute atomic E-state index is 4.31. The van der Waals surface area contributed by atoms with Gasteiger partial charge < -0.3 is 10.6 Å². The molecular weight excluding hydrogens is 276 g/mol. The standard InChI is InChI=1S/C16H20N6/c1-7-17-15(18-8-1)21-11-13-3-5-14(6-4-13)12-22-16-19-9-2-10-20-16/h3-7,9H,1-2,8,10-12H2,(H,18,21)(H,20,22). The Morgan fingerprint density at radius 1 is 0.727 bits per heavy atom. The third-order valence-corrected chi connectivity index (χ3v) is 3.39. The molecule has 2 N–H and O–H groups in total. The molecule has 6 nitrogen and oxygen atoms in total. The summed E-state index contributed by atoms with van der Waals surface area (Å²) in [6.07, 6.45) is 5.67. The lowest BCUT2D eigenvalue weighted by Crippen LogP contribution is -2.24. The molecule has 2 aliphatic heterocycles. The molecule has 1 aromatic carbocycles. The van der Waals surface area contributed by atoms with E-state index in [0.29, 0.717) is 0 Å². The zero-order chi connectivity index (χ0) is 15.0. The van der Waals surface area contributed by atoms with Crippen LogP contribution in [0.25, 0.3) is 0 Å². The molecule has 114 valence electrons. The normalized spacial score (nSPS) is 16.9. The van der Waals surface area contributed by atoms with Crippen LogP contribution in [0.1, 0.15) is 24.0 Å². The molecule has 2 heterocycles. The maximum atomic E-state index is 4.31. The van der Waals surface area contributed by atoms with Crippen molar-refractivity contribution in [2.45, 2.75) is 25.9 Å². The third kappa shape index (κ3) is 4.25. The van der Waals surface area contributed by atoms with Gasteiger partial charge in [-0.05, 0) is 11.1 Å². The van der Waals surface area contributed by atoms with Gasteiger partial charge in [0.25, 0.3) is 0 Å². The second-order valence-corrected chi connectivity index (χ2v) is 5.13. The lowest BCUT2D eigenvalue weighted by molar-refractivity contribution is 0.863. The summed E-state index contributed by atoms with van der Waals surface area (Å²) in [6.45, 7) is 3.12. The zero-order valence-corrected chi connectivity index (χ0v) is 12.5. The molecule has 22 heavy (non-hydrogen) atoms. The van der Waals surface area contributed by atoms with E-state index in [1.807, 2.05) is 12.4 Å². The fourth-order valence-electron chi connectivity index (χ4n) is 2.18. The number of benzene rings is 1. The van der Waals surface area contributed by atoms with E-state index in [9.17, 15) is 0 Å². The van der Waals surface area contributed by atoms with E-state index >= 15 is 0 Å². The topological polar surface area (TPSA) is 73.5 Å². The van der Waals surface area contributed by atoms with E-state index < -0.39 is 0 Å². The van der Waals surface area contributed by atoms with Crippen LogP contribution in [0.2, 0.25) is 0 Å². The first-order valence-electron chi connectivity index (χ1n) is 7.60. The molecule has 3 rings (SSSR count). The predicted molar refractivity (Wildman–Crippen MR) is 90.9 cm³/mol. The van der Waals surface area contributed by atoms with Gasteiger partial charge in [-0.1, -0.05) is 24.3 Å². The van der Waals surface area contributed by atoms with Gasteiger partial charge in [0, 0.05) is 51.4 Å². The summed E-state index contributed by atoms with van der Waals surface area (Å²) in [6, 6.07) is 8.46. The number of hydrogen-bond donors (Lipinski definition) is 2. The fourth-order valence-corrected chi connectivity index (χ4v) is 2.18. The van der Waals surface area contributed by atoms with E-state index in [4.69, 9.17) is 0 Å². The first-order valence-corrected chi connectivity index (χ1v) is 7.60. The molecule has 0 bridgehead atoms. The molecule has 0 amide bonds. The molecule has 2 aliphatic rings. The van der Waals surface area contributed by atoms with Gasteiger partial charge >= 0.3 is 0 Å². The summed E-state index contributed by atoms with van der Waals surface area (Å²) < 4.78 is 0. The summed E-state index contributed by atoms with van der Waals surface area (Å²) in [5, 5.41) is 6.48. The summed E-state index contributed by atoms with van der Waals surface area (Å²) in [4.78, 5) is 17.1. The van der Waals surface area contributed by atoms with Crippen LogP contribution in [0.3, 0.4) is 0 Å². The molecule has 0 saturated heterocycles. The first-order chi connectivity index (χ1) is 10.9. The Labute approximate surface area is 130 Å². The van der Waals surface area contributed by atoms with Crippen molar-refractivity contribution in [2.24, 2.45) is 20.0 Å². The lowest BCUT2D eigenvalue weighted by Gasteiger charge is -2.10. The van der Waals surface area contributed by atoms with E-state index in [2.05, 4.69) is 54.9 Å². The molecular formula is C16H20N6. The second-order valence-electron chi connectivity index (χ2n) is 5.13. The molecule has 0 spiro atoms. The third-order valence-electron chi connectivity index (χ3n) is 3.39. The van der Waals surface area contributed by atoms with Gasteiger partial charge in [0.05, 0.1) is 0 Å². The van der Waals surface area contributed by atoms with Gasteiger partial charge in [0.2, 0.25) is 11.9 Å². The molecule has 0 aliphatic carbocycles. The van der Waals surface area contributed by atoms with Crippen molar-refractivity contribution < 1.29 is 0 Å². The van der Waals surface area contributed by atoms with Crippen LogP contribution in [0.5, 0.6) is 0 Å². The van der Waals surface area contributed by atoms with E-state index in [1.165, 1.54) is 11.1 Å². The van der Waals surface area contributed by atoms with Crippen LogP contribution in [-0.2, 0) is 13.1 Å². The Kier molecular flexibility index (Phi) is 4.92. The SMILES string of the molecule is C1=NC(NCc2ccc(CNC3=NCCC=N3)cc2)=NCC1. The van der Waals surface area contributed by atoms with Gasteiger partial charge in [-0.3, -0.25) is 9.98 Å². The van der Waals surface area contributed by atoms with Gasteiger partial charge in [0.15, 0.2) is 0 Å². The fraction of sp³-hybridized carbons (Fsp3) is 0.375. The summed E-state index contributed by atoms with van der Waals surface area (Å²) in [5.74, 6) is 1.45. The highest BCUT2D eigenvalue weighted by atomic mass is 15.1. The number of nitrogens with one attached hydrogen (secondary N) is 2. The molecule has 0 atom stereocenters. The summed E-state index contributed by atoms with van der Waals surface area (Å²) in [5.41, 5.74) is 2.42. The molecule has 0 unspecified atom stereocenters. The highest BCUT2D eigenvalue weighted by molar-refractivity contribution is 5.89. The van der Waals surface area contributed by atoms with Crippen LogP contribution < -0.4 is 10.6 Å². The number of nitrogens with zero attached hydrogens (tertiary/aromatic N) is 4. The molecule has 0 saturated carbocycles. The summed E-state index contributed by atoms with van der Waals surface area (Å²) >= 11 is 0. The highest BCUT2D eigenvalue weighted by Crippen LogP contribution is 2.05. The van der Waals surface area contributed by atoms with Crippen molar-refractivity contribution in [1.29, 1.82) is 0 Å². The Bertz CT molecular complexity index is 557. The highest BCUT2D eigenvalue weighted by Gasteiger charge is 2.02. The quantitative estimate of drug-likeness (QED) is 0.884. The minimum absolute atomic E-state index is 0.727. The van der Waals surface area contributed by atoms with E-state index in [-0.39, 0.29) is 0 Å². The smallest absolute Gasteiger partial charge is 0.217 e. The molecule has 0 fully saturated rings. The zero-order valence-electron chi connectivity index (χ0n) is 12.5. The average Bonchev–Trinajstić information content (AvgIpc) is 2.61. The van der Waals surface area contributed by atoms with Gasteiger partial charge in [0.1, 0.15) is 0 Å². The lowest BCUT2D eigenvalue weighted by atomic mass is 10.1. The Morgan fingerprint density at radius 2 is 1.18 bits per heavy atom. The molecule has 1 aromatic rings. The minimum Gasteiger partial charge on any atom is -0.350 e. The van der Waals surface area contributed by atoms with Crippen molar-refractivity contribution in [1.82, 2.24) is 10.6 Å². The van der Waals surface area contributed by atoms with Crippen LogP contribution in [0.4, 0.5) is 0 Å². The van der Waals surface area contributed by atoms with Crippen molar-refractivity contribution in [2.75, 3.05) is 13.1 Å². The Morgan fingerprint density at radius 3 is 1.55 bits per heavy atom. The van der Waals surface area contributed by atoms with Crippen molar-refractivity contribution >= 4 is 24.3 Å². The largest absolute Gasteiger partial charge is 0.350 e. The monoisotopic (exact) mass is 296 g/mol. The average molecular weight is 296 g/mol. The number of hydrogen-bond acceptors (Lipinski definition) is 6. The number of guanidine groups is 2. The molecule has 0 aromatic heterocycles. The van der Waals surface area contributed by atoms with Crippen molar-refractivity contribution in [3.63, 3.8) is 0 Å². The van der Waals surface area contributed by atoms with Gasteiger partial charge in [-0.25, -0.2) is 9.98 Å². The van der Waals surface area contributed by atoms with Crippen LogP contribution in [0.15, 0.2) is 44.2 Å². The van der Waals surface area contributed by atoms with Crippen LogP contribution >= 0.6 is 0 Å². The molecule has 0 radical (unpaired) electrons. The van der Waals surface area contributed by atoms with Crippen LogP contribution in [0, 0.1) is 0 Å². The van der Waals surface area contributed by atoms with Gasteiger partial charge in [-0.2, -0.15) is 0 Å². The van der Waals surface area contributed by atoms with Gasteiger partial charge in [-0.15, -0.1) is 0 Å². The predicted octanol–water partition coefficient (Wildman–Crippen LogP) is 1.53. The maximum Gasteiger partial charge on any atom is 0.217 e. The first kappa shape index (κ1) is 14.4. The second kappa shape index (κ2) is 7.49.